The number of aromatic nitrogens is 1. The molecule has 0 aliphatic carbocycles. The lowest BCUT2D eigenvalue weighted by molar-refractivity contribution is 0.262. The van der Waals surface area contributed by atoms with E-state index in [0.717, 1.165) is 5.75 Å². The molecule has 0 radical (unpaired) electrons. The number of urea groups is 1. The van der Waals surface area contributed by atoms with E-state index in [1.165, 1.54) is 0 Å². The van der Waals surface area contributed by atoms with Crippen LogP contribution in [0.5, 0.6) is 5.75 Å². The molecule has 0 aliphatic rings. The van der Waals surface area contributed by atoms with Gasteiger partial charge in [-0.05, 0) is 38.1 Å². The molecule has 106 valence electrons. The fraction of sp³-hybridized carbons (Fsp3) is 0.231. The number of amides is 2. The van der Waals surface area contributed by atoms with Crippen LogP contribution in [0.4, 0.5) is 22.1 Å². The van der Waals surface area contributed by atoms with Crippen LogP contribution >= 0.6 is 0 Å². The standard InChI is InChI=1S/C13H16N4O3/c1-3-19-10-6-4-9(5-7-10)15-13(18)16-11-8(2)17-20-12(11)14/h4-7H,3,14H2,1-2H3,(H2,15,16,18). The maximum absolute atomic E-state index is 11.8. The van der Waals surface area contributed by atoms with Crippen molar-refractivity contribution in [2.45, 2.75) is 13.8 Å². The van der Waals surface area contributed by atoms with Gasteiger partial charge in [-0.25, -0.2) is 4.79 Å². The van der Waals surface area contributed by atoms with Gasteiger partial charge in [-0.15, -0.1) is 0 Å². The molecule has 1 aromatic carbocycles. The third-order valence-corrected chi connectivity index (χ3v) is 2.55. The van der Waals surface area contributed by atoms with Crippen molar-refractivity contribution < 1.29 is 14.1 Å². The zero-order valence-corrected chi connectivity index (χ0v) is 11.3. The second kappa shape index (κ2) is 5.96. The van der Waals surface area contributed by atoms with E-state index >= 15 is 0 Å². The highest BCUT2D eigenvalue weighted by atomic mass is 16.5. The minimum Gasteiger partial charge on any atom is -0.494 e. The van der Waals surface area contributed by atoms with E-state index in [4.69, 9.17) is 15.0 Å². The molecule has 2 amide bonds. The molecule has 0 fully saturated rings. The molecule has 0 saturated carbocycles. The number of carbonyl (C=O) groups excluding carboxylic acids is 1. The predicted octanol–water partition coefficient (Wildman–Crippen LogP) is 2.61. The summed E-state index contributed by atoms with van der Waals surface area (Å²) in [5.41, 5.74) is 7.07. The molecule has 7 nitrogen and oxygen atoms in total. The molecule has 7 heteroatoms. The number of hydrogen-bond acceptors (Lipinski definition) is 5. The summed E-state index contributed by atoms with van der Waals surface area (Å²) in [6.45, 7) is 4.19. The zero-order chi connectivity index (χ0) is 14.5. The van der Waals surface area contributed by atoms with Gasteiger partial charge in [-0.1, -0.05) is 5.16 Å². The third kappa shape index (κ3) is 3.19. The highest BCUT2D eigenvalue weighted by Gasteiger charge is 2.13. The Labute approximate surface area is 116 Å². The highest BCUT2D eigenvalue weighted by Crippen LogP contribution is 2.22. The van der Waals surface area contributed by atoms with Crippen molar-refractivity contribution in [2.75, 3.05) is 23.0 Å². The van der Waals surface area contributed by atoms with Crippen molar-refractivity contribution in [1.29, 1.82) is 0 Å². The van der Waals surface area contributed by atoms with Crippen LogP contribution in [0.15, 0.2) is 28.8 Å². The molecule has 2 aromatic rings. The summed E-state index contributed by atoms with van der Waals surface area (Å²) >= 11 is 0. The van der Waals surface area contributed by atoms with Crippen LogP contribution in [-0.4, -0.2) is 17.8 Å². The highest BCUT2D eigenvalue weighted by molar-refractivity contribution is 6.01. The summed E-state index contributed by atoms with van der Waals surface area (Å²) in [7, 11) is 0. The van der Waals surface area contributed by atoms with Crippen molar-refractivity contribution in [3.05, 3.63) is 30.0 Å². The normalized spacial score (nSPS) is 10.1. The van der Waals surface area contributed by atoms with Gasteiger partial charge in [0.1, 0.15) is 17.1 Å². The molecule has 0 atom stereocenters. The molecule has 1 heterocycles. The van der Waals surface area contributed by atoms with Crippen LogP contribution in [0, 0.1) is 6.92 Å². The van der Waals surface area contributed by atoms with Gasteiger partial charge < -0.3 is 25.6 Å². The first-order chi connectivity index (χ1) is 9.60. The number of nitrogens with one attached hydrogen (secondary N) is 2. The number of ether oxygens (including phenoxy) is 1. The van der Waals surface area contributed by atoms with E-state index < -0.39 is 6.03 Å². The molecule has 4 N–H and O–H groups in total. The summed E-state index contributed by atoms with van der Waals surface area (Å²) in [5.74, 6) is 0.821. The van der Waals surface area contributed by atoms with Crippen LogP contribution < -0.4 is 21.1 Å². The molecule has 1 aromatic heterocycles. The van der Waals surface area contributed by atoms with Crippen molar-refractivity contribution >= 4 is 23.3 Å². The first-order valence-electron chi connectivity index (χ1n) is 6.12. The lowest BCUT2D eigenvalue weighted by atomic mass is 10.3. The fourth-order valence-electron chi connectivity index (χ4n) is 1.62. The maximum atomic E-state index is 11.8. The van der Waals surface area contributed by atoms with Crippen LogP contribution in [0.2, 0.25) is 0 Å². The molecule has 0 saturated heterocycles. The van der Waals surface area contributed by atoms with Crippen molar-refractivity contribution in [3.63, 3.8) is 0 Å². The van der Waals surface area contributed by atoms with Crippen molar-refractivity contribution in [3.8, 4) is 5.75 Å². The first kappa shape index (κ1) is 13.7. The van der Waals surface area contributed by atoms with E-state index in [9.17, 15) is 4.79 Å². The van der Waals surface area contributed by atoms with Gasteiger partial charge in [0.05, 0.1) is 6.61 Å². The number of aryl methyl sites for hydroxylation is 1. The van der Waals surface area contributed by atoms with E-state index in [0.29, 0.717) is 23.7 Å². The third-order valence-electron chi connectivity index (χ3n) is 2.55. The molecule has 0 bridgehead atoms. The van der Waals surface area contributed by atoms with Gasteiger partial charge in [0.25, 0.3) is 0 Å². The molecule has 0 aliphatic heterocycles. The zero-order valence-electron chi connectivity index (χ0n) is 11.3. The number of nitrogen functional groups attached to an aromatic ring is 1. The number of carbonyl (C=O) groups is 1. The number of hydrogen-bond donors (Lipinski definition) is 3. The topological polar surface area (TPSA) is 102 Å². The van der Waals surface area contributed by atoms with Crippen LogP contribution in [0.3, 0.4) is 0 Å². The Morgan fingerprint density at radius 1 is 1.35 bits per heavy atom. The summed E-state index contributed by atoms with van der Waals surface area (Å²) in [6, 6.07) is 6.62. The van der Waals surface area contributed by atoms with Gasteiger partial charge in [0.2, 0.25) is 5.88 Å². The Balaban J connectivity index is 1.97. The number of benzene rings is 1. The Kier molecular flexibility index (Phi) is 4.09. The molecule has 0 spiro atoms. The number of rotatable bonds is 4. The maximum Gasteiger partial charge on any atom is 0.323 e. The lowest BCUT2D eigenvalue weighted by Gasteiger charge is -2.08. The minimum atomic E-state index is -0.424. The fourth-order valence-corrected chi connectivity index (χ4v) is 1.62. The quantitative estimate of drug-likeness (QED) is 0.796. The summed E-state index contributed by atoms with van der Waals surface area (Å²) < 4.78 is 10.1. The molecular formula is C13H16N4O3. The smallest absolute Gasteiger partial charge is 0.323 e. The SMILES string of the molecule is CCOc1ccc(NC(=O)Nc2c(C)noc2N)cc1. The Morgan fingerprint density at radius 3 is 2.60 bits per heavy atom. The first-order valence-corrected chi connectivity index (χ1v) is 6.12. The van der Waals surface area contributed by atoms with E-state index in [2.05, 4.69) is 15.8 Å². The van der Waals surface area contributed by atoms with Crippen LogP contribution in [0.1, 0.15) is 12.6 Å². The largest absolute Gasteiger partial charge is 0.494 e. The molecular weight excluding hydrogens is 260 g/mol. The second-order valence-electron chi connectivity index (χ2n) is 4.04. The minimum absolute atomic E-state index is 0.0735. The Bertz CT molecular complexity index is 573. The van der Waals surface area contributed by atoms with Gasteiger partial charge in [-0.2, -0.15) is 0 Å². The van der Waals surface area contributed by atoms with Gasteiger partial charge in [0.15, 0.2) is 0 Å². The number of nitrogens with two attached hydrogens (primary N) is 1. The average molecular weight is 276 g/mol. The molecule has 0 unspecified atom stereocenters. The summed E-state index contributed by atoms with van der Waals surface area (Å²) in [5, 5.41) is 8.91. The number of nitrogens with zero attached hydrogens (tertiary/aromatic N) is 1. The van der Waals surface area contributed by atoms with Gasteiger partial charge in [0, 0.05) is 5.69 Å². The van der Waals surface area contributed by atoms with Crippen molar-refractivity contribution in [1.82, 2.24) is 5.16 Å². The molecule has 2 rings (SSSR count). The van der Waals surface area contributed by atoms with E-state index in [1.54, 1.807) is 31.2 Å². The van der Waals surface area contributed by atoms with Crippen LogP contribution in [0.25, 0.3) is 0 Å². The monoisotopic (exact) mass is 276 g/mol. The Morgan fingerprint density at radius 2 is 2.05 bits per heavy atom. The predicted molar refractivity (Wildman–Crippen MR) is 75.9 cm³/mol. The molecule has 20 heavy (non-hydrogen) atoms. The van der Waals surface area contributed by atoms with Gasteiger partial charge >= 0.3 is 6.03 Å². The van der Waals surface area contributed by atoms with Gasteiger partial charge in [-0.3, -0.25) is 0 Å². The van der Waals surface area contributed by atoms with Crippen molar-refractivity contribution in [2.24, 2.45) is 0 Å². The Hall–Kier alpha value is -2.70. The second-order valence-corrected chi connectivity index (χ2v) is 4.04. The summed E-state index contributed by atoms with van der Waals surface area (Å²) in [6.07, 6.45) is 0. The average Bonchev–Trinajstić information content (AvgIpc) is 2.73. The van der Waals surface area contributed by atoms with Crippen LogP contribution in [-0.2, 0) is 0 Å². The van der Waals surface area contributed by atoms with E-state index in [1.807, 2.05) is 6.92 Å². The summed E-state index contributed by atoms with van der Waals surface area (Å²) in [4.78, 5) is 11.8. The van der Waals surface area contributed by atoms with E-state index in [-0.39, 0.29) is 5.88 Å². The number of anilines is 3. The lowest BCUT2D eigenvalue weighted by Crippen LogP contribution is -2.20.